The van der Waals surface area contributed by atoms with Crippen LogP contribution in [0.25, 0.3) is 0 Å². The Hall–Kier alpha value is -0.160. The van der Waals surface area contributed by atoms with E-state index >= 15 is 0 Å². The summed E-state index contributed by atoms with van der Waals surface area (Å²) >= 11 is 0. The van der Waals surface area contributed by atoms with E-state index in [1.54, 1.807) is 0 Å². The minimum absolute atomic E-state index is 0.00271. The molecule has 4 heteroatoms. The van der Waals surface area contributed by atoms with Gasteiger partial charge in [0.05, 0.1) is 23.9 Å². The number of hydrogen-bond acceptors (Lipinski definition) is 4. The number of ether oxygens (including phenoxy) is 3. The van der Waals surface area contributed by atoms with Crippen molar-refractivity contribution < 1.29 is 19.3 Å². The van der Waals surface area contributed by atoms with Crippen LogP contribution in [-0.4, -0.2) is 40.9 Å². The molecule has 2 saturated heterocycles. The van der Waals surface area contributed by atoms with E-state index in [-0.39, 0.29) is 24.4 Å². The lowest BCUT2D eigenvalue weighted by atomic mass is 9.78. The van der Waals surface area contributed by atoms with Crippen molar-refractivity contribution in [2.75, 3.05) is 0 Å². The molecular formula is C13H22O4. The first-order valence-electron chi connectivity index (χ1n) is 6.67. The summed E-state index contributed by atoms with van der Waals surface area (Å²) in [4.78, 5) is 0. The Morgan fingerprint density at radius 2 is 1.88 bits per heavy atom. The first-order chi connectivity index (χ1) is 7.93. The highest BCUT2D eigenvalue weighted by atomic mass is 16.8. The highest BCUT2D eigenvalue weighted by Crippen LogP contribution is 2.49. The van der Waals surface area contributed by atoms with Gasteiger partial charge in [-0.15, -0.1) is 0 Å². The lowest BCUT2D eigenvalue weighted by Crippen LogP contribution is -2.48. The Labute approximate surface area is 102 Å². The van der Waals surface area contributed by atoms with Gasteiger partial charge in [0.1, 0.15) is 6.10 Å². The summed E-state index contributed by atoms with van der Waals surface area (Å²) in [6.45, 7) is 5.96. The van der Waals surface area contributed by atoms with Crippen LogP contribution in [0.5, 0.6) is 0 Å². The van der Waals surface area contributed by atoms with E-state index in [1.165, 1.54) is 0 Å². The van der Waals surface area contributed by atoms with Crippen molar-refractivity contribution in [3.8, 4) is 0 Å². The van der Waals surface area contributed by atoms with Crippen LogP contribution in [0.1, 0.15) is 46.5 Å². The molecule has 1 N–H and O–H groups in total. The second-order valence-corrected chi connectivity index (χ2v) is 6.10. The quantitative estimate of drug-likeness (QED) is 0.799. The smallest absolute Gasteiger partial charge is 0.163 e. The summed E-state index contributed by atoms with van der Waals surface area (Å²) in [6.07, 6.45) is 3.21. The van der Waals surface area contributed by atoms with Gasteiger partial charge in [-0.3, -0.25) is 0 Å². The number of hydrogen-bond donors (Lipinski definition) is 1. The molecule has 2 aliphatic heterocycles. The predicted molar refractivity (Wildman–Crippen MR) is 61.6 cm³/mol. The predicted octanol–water partition coefficient (Wildman–Crippen LogP) is 1.60. The standard InChI is InChI=1S/C13H22O4/c1-4-5-10-13(14)6-8(15-10)11-9(7-13)16-12(2,3)17-11/h8-11,14H,4-7H2,1-3H3/t8?,9-,10+,11-,13-/m1/s1. The van der Waals surface area contributed by atoms with E-state index in [1.807, 2.05) is 13.8 Å². The number of aliphatic hydroxyl groups is 1. The average molecular weight is 242 g/mol. The van der Waals surface area contributed by atoms with Crippen molar-refractivity contribution in [1.29, 1.82) is 0 Å². The third-order valence-electron chi connectivity index (χ3n) is 4.19. The molecule has 1 aliphatic carbocycles. The van der Waals surface area contributed by atoms with Crippen molar-refractivity contribution >= 4 is 0 Å². The Bertz CT molecular complexity index is 317. The Kier molecular flexibility index (Phi) is 2.57. The maximum atomic E-state index is 10.7. The van der Waals surface area contributed by atoms with Gasteiger partial charge in [-0.05, 0) is 20.3 Å². The Morgan fingerprint density at radius 1 is 1.18 bits per heavy atom. The molecule has 17 heavy (non-hydrogen) atoms. The first kappa shape index (κ1) is 11.9. The summed E-state index contributed by atoms with van der Waals surface area (Å²) in [7, 11) is 0. The van der Waals surface area contributed by atoms with Gasteiger partial charge >= 0.3 is 0 Å². The van der Waals surface area contributed by atoms with Gasteiger partial charge < -0.3 is 19.3 Å². The molecular weight excluding hydrogens is 220 g/mol. The molecule has 2 bridgehead atoms. The fraction of sp³-hybridized carbons (Fsp3) is 1.00. The van der Waals surface area contributed by atoms with E-state index < -0.39 is 11.4 Å². The fourth-order valence-electron chi connectivity index (χ4n) is 3.56. The molecule has 4 nitrogen and oxygen atoms in total. The average Bonchev–Trinajstić information content (AvgIpc) is 2.64. The highest BCUT2D eigenvalue weighted by Gasteiger charge is 2.61. The molecule has 1 saturated carbocycles. The summed E-state index contributed by atoms with van der Waals surface area (Å²) in [5.41, 5.74) is -0.703. The first-order valence-corrected chi connectivity index (χ1v) is 6.67. The maximum Gasteiger partial charge on any atom is 0.163 e. The lowest BCUT2D eigenvalue weighted by Gasteiger charge is -2.34. The molecule has 0 aromatic carbocycles. The van der Waals surface area contributed by atoms with Gasteiger partial charge in [0.25, 0.3) is 0 Å². The third kappa shape index (κ3) is 1.82. The third-order valence-corrected chi connectivity index (χ3v) is 4.19. The molecule has 3 aliphatic rings. The van der Waals surface area contributed by atoms with Gasteiger partial charge in [0.15, 0.2) is 5.79 Å². The van der Waals surface area contributed by atoms with E-state index in [0.717, 1.165) is 12.8 Å². The minimum Gasteiger partial charge on any atom is -0.387 e. The zero-order valence-electron chi connectivity index (χ0n) is 10.8. The van der Waals surface area contributed by atoms with Crippen LogP contribution in [-0.2, 0) is 14.2 Å². The summed E-state index contributed by atoms with van der Waals surface area (Å²) in [6, 6.07) is 0. The van der Waals surface area contributed by atoms with Gasteiger partial charge in [0.2, 0.25) is 0 Å². The zero-order valence-corrected chi connectivity index (χ0v) is 10.8. The van der Waals surface area contributed by atoms with Crippen LogP contribution >= 0.6 is 0 Å². The molecule has 0 spiro atoms. The number of fused-ring (bicyclic) bond motifs is 4. The summed E-state index contributed by atoms with van der Waals surface area (Å²) in [5.74, 6) is -0.542. The van der Waals surface area contributed by atoms with Crippen molar-refractivity contribution in [3.63, 3.8) is 0 Å². The second-order valence-electron chi connectivity index (χ2n) is 6.10. The van der Waals surface area contributed by atoms with Crippen LogP contribution in [0.15, 0.2) is 0 Å². The van der Waals surface area contributed by atoms with Crippen LogP contribution in [0.4, 0.5) is 0 Å². The molecule has 3 fully saturated rings. The van der Waals surface area contributed by atoms with Gasteiger partial charge in [-0.2, -0.15) is 0 Å². The van der Waals surface area contributed by atoms with Gasteiger partial charge in [-0.1, -0.05) is 13.3 Å². The van der Waals surface area contributed by atoms with Crippen LogP contribution in [0, 0.1) is 0 Å². The van der Waals surface area contributed by atoms with Gasteiger partial charge in [0, 0.05) is 12.8 Å². The molecule has 0 radical (unpaired) electrons. The summed E-state index contributed by atoms with van der Waals surface area (Å²) in [5, 5.41) is 10.7. The van der Waals surface area contributed by atoms with Crippen molar-refractivity contribution in [2.45, 2.75) is 82.3 Å². The molecule has 98 valence electrons. The lowest BCUT2D eigenvalue weighted by molar-refractivity contribution is -0.165. The summed E-state index contributed by atoms with van der Waals surface area (Å²) < 4.78 is 17.7. The monoisotopic (exact) mass is 242 g/mol. The van der Waals surface area contributed by atoms with E-state index in [4.69, 9.17) is 14.2 Å². The van der Waals surface area contributed by atoms with Crippen molar-refractivity contribution in [2.24, 2.45) is 0 Å². The highest BCUT2D eigenvalue weighted by molar-refractivity contribution is 5.08. The van der Waals surface area contributed by atoms with Crippen LogP contribution in [0.2, 0.25) is 0 Å². The molecule has 5 atom stereocenters. The van der Waals surface area contributed by atoms with E-state index in [2.05, 4.69) is 6.92 Å². The number of rotatable bonds is 2. The molecule has 1 unspecified atom stereocenters. The van der Waals surface area contributed by atoms with Crippen LogP contribution < -0.4 is 0 Å². The molecule has 0 amide bonds. The van der Waals surface area contributed by atoms with E-state index in [9.17, 15) is 5.11 Å². The van der Waals surface area contributed by atoms with Crippen LogP contribution in [0.3, 0.4) is 0 Å². The normalized spacial score (nSPS) is 51.5. The SMILES string of the molecule is CCC[C@@H]1OC2C[C@@]1(O)C[C@H]1OC(C)(C)O[C@H]21. The maximum absolute atomic E-state index is 10.7. The largest absolute Gasteiger partial charge is 0.387 e. The second kappa shape index (κ2) is 3.67. The fourth-order valence-corrected chi connectivity index (χ4v) is 3.56. The molecule has 3 rings (SSSR count). The van der Waals surface area contributed by atoms with Crippen molar-refractivity contribution in [3.05, 3.63) is 0 Å². The molecule has 2 heterocycles. The molecule has 0 aromatic heterocycles. The Balaban J connectivity index is 1.80. The van der Waals surface area contributed by atoms with E-state index in [0.29, 0.717) is 12.8 Å². The van der Waals surface area contributed by atoms with Gasteiger partial charge in [-0.25, -0.2) is 0 Å². The Morgan fingerprint density at radius 3 is 2.59 bits per heavy atom. The zero-order chi connectivity index (χ0) is 12.3. The van der Waals surface area contributed by atoms with Crippen molar-refractivity contribution in [1.82, 2.24) is 0 Å². The topological polar surface area (TPSA) is 47.9 Å². The molecule has 0 aromatic rings. The minimum atomic E-state index is -0.703.